The van der Waals surface area contributed by atoms with Crippen molar-refractivity contribution in [1.29, 1.82) is 0 Å². The number of ether oxygens (including phenoxy) is 1. The first-order valence-electron chi connectivity index (χ1n) is 13.0. The molecule has 1 saturated heterocycles. The number of amides is 4. The van der Waals surface area contributed by atoms with Crippen LogP contribution in [-0.4, -0.2) is 91.5 Å². The molecule has 0 spiro atoms. The number of benzene rings is 1. The molecule has 2 heterocycles. The Labute approximate surface area is 230 Å². The monoisotopic (exact) mass is 558 g/mol. The molecule has 1 aliphatic rings. The van der Waals surface area contributed by atoms with E-state index in [2.05, 4.69) is 36.6 Å². The van der Waals surface area contributed by atoms with Crippen molar-refractivity contribution in [2.45, 2.75) is 64.3 Å². The number of aromatic amines is 1. The molecule has 4 atom stereocenters. The Kier molecular flexibility index (Phi) is 10.9. The summed E-state index contributed by atoms with van der Waals surface area (Å²) in [6, 6.07) is 7.19. The zero-order valence-corrected chi connectivity index (χ0v) is 22.3. The van der Waals surface area contributed by atoms with Gasteiger partial charge in [-0.15, -0.1) is 10.2 Å². The van der Waals surface area contributed by atoms with Gasteiger partial charge in [-0.3, -0.25) is 24.0 Å². The zero-order valence-electron chi connectivity index (χ0n) is 22.3. The number of nitrogens with one attached hydrogen (secondary N) is 4. The standard InChI is InChI=1S/C25H34N8O7/c1-3-15(2)23(28-20(34)9-10-22(36)37)25(39)27-13-21(35)33-14-17(40-16-7-5-4-6-8-16)11-18(33)24(38)26-12-19-29-31-32-30-19/h4-8,15,17-18,23H,3,9-14H2,1-2H3,(H,26,38)(H,27,39)(H,28,34)(H,36,37)(H,29,30,31,32)/t15-,17+,18?,23-/m0/s1. The Bertz CT molecular complexity index is 1160. The van der Waals surface area contributed by atoms with Gasteiger partial charge in [0.25, 0.3) is 0 Å². The number of carbonyl (C=O) groups is 5. The highest BCUT2D eigenvalue weighted by Crippen LogP contribution is 2.23. The molecule has 2 aromatic rings. The van der Waals surface area contributed by atoms with E-state index in [0.29, 0.717) is 12.2 Å². The number of likely N-dealkylation sites (tertiary alicyclic amines) is 1. The SMILES string of the molecule is CC[C@H](C)[C@H](NC(=O)CCC(=O)O)C(=O)NCC(=O)N1C[C@H](Oc2ccccc2)CC1C(=O)NCc1nn[nH]n1. The maximum absolute atomic E-state index is 13.2. The molecule has 0 radical (unpaired) electrons. The zero-order chi connectivity index (χ0) is 29.1. The molecular weight excluding hydrogens is 524 g/mol. The lowest BCUT2D eigenvalue weighted by atomic mass is 9.98. The lowest BCUT2D eigenvalue weighted by Gasteiger charge is -2.26. The van der Waals surface area contributed by atoms with Crippen LogP contribution >= 0.6 is 0 Å². The Morgan fingerprint density at radius 2 is 1.90 bits per heavy atom. The minimum absolute atomic E-state index is 0.00692. The third kappa shape index (κ3) is 8.74. The summed E-state index contributed by atoms with van der Waals surface area (Å²) in [4.78, 5) is 63.5. The van der Waals surface area contributed by atoms with E-state index in [-0.39, 0.29) is 44.1 Å². The van der Waals surface area contributed by atoms with Crippen LogP contribution < -0.4 is 20.7 Å². The number of tetrazole rings is 1. The van der Waals surface area contributed by atoms with Crippen LogP contribution in [0, 0.1) is 5.92 Å². The van der Waals surface area contributed by atoms with Crippen LogP contribution in [0.15, 0.2) is 30.3 Å². The largest absolute Gasteiger partial charge is 0.488 e. The fourth-order valence-electron chi connectivity index (χ4n) is 4.18. The van der Waals surface area contributed by atoms with Crippen molar-refractivity contribution in [3.63, 3.8) is 0 Å². The maximum atomic E-state index is 13.2. The van der Waals surface area contributed by atoms with Gasteiger partial charge in [0.05, 0.1) is 26.1 Å². The normalized spacial score (nSPS) is 17.9. The molecule has 5 N–H and O–H groups in total. The minimum Gasteiger partial charge on any atom is -0.488 e. The first kappa shape index (κ1) is 30.0. The summed E-state index contributed by atoms with van der Waals surface area (Å²) in [5, 5.41) is 29.9. The van der Waals surface area contributed by atoms with Gasteiger partial charge in [0.1, 0.15) is 23.9 Å². The van der Waals surface area contributed by atoms with Crippen LogP contribution in [0.3, 0.4) is 0 Å². The summed E-state index contributed by atoms with van der Waals surface area (Å²) in [6.07, 6.45) is -0.327. The van der Waals surface area contributed by atoms with Gasteiger partial charge in [-0.25, -0.2) is 0 Å². The number of aliphatic carboxylic acids is 1. The molecule has 1 aliphatic heterocycles. The molecule has 0 saturated carbocycles. The van der Waals surface area contributed by atoms with Crippen LogP contribution in [0.2, 0.25) is 0 Å². The second-order valence-corrected chi connectivity index (χ2v) is 9.44. The van der Waals surface area contributed by atoms with Crippen molar-refractivity contribution in [2.24, 2.45) is 5.92 Å². The van der Waals surface area contributed by atoms with Crippen LogP contribution in [0.1, 0.15) is 45.4 Å². The molecule has 4 amide bonds. The first-order valence-corrected chi connectivity index (χ1v) is 13.0. The van der Waals surface area contributed by atoms with E-state index >= 15 is 0 Å². The van der Waals surface area contributed by atoms with Gasteiger partial charge in [0.2, 0.25) is 23.6 Å². The molecule has 1 fully saturated rings. The second kappa shape index (κ2) is 14.6. The summed E-state index contributed by atoms with van der Waals surface area (Å²) in [6.45, 7) is 3.31. The van der Waals surface area contributed by atoms with E-state index in [0.717, 1.165) is 0 Å². The Morgan fingerprint density at radius 3 is 2.55 bits per heavy atom. The summed E-state index contributed by atoms with van der Waals surface area (Å²) < 4.78 is 5.99. The van der Waals surface area contributed by atoms with E-state index in [1.165, 1.54) is 4.90 Å². The summed E-state index contributed by atoms with van der Waals surface area (Å²) >= 11 is 0. The Hall–Kier alpha value is -4.56. The van der Waals surface area contributed by atoms with Crippen molar-refractivity contribution in [3.05, 3.63) is 36.2 Å². The van der Waals surface area contributed by atoms with Crippen molar-refractivity contribution in [3.8, 4) is 5.75 Å². The first-order chi connectivity index (χ1) is 19.2. The predicted molar refractivity (Wildman–Crippen MR) is 138 cm³/mol. The fourth-order valence-corrected chi connectivity index (χ4v) is 4.18. The van der Waals surface area contributed by atoms with Gasteiger partial charge in [-0.2, -0.15) is 5.21 Å². The number of para-hydroxylation sites is 1. The van der Waals surface area contributed by atoms with Crippen molar-refractivity contribution < 1.29 is 33.8 Å². The summed E-state index contributed by atoms with van der Waals surface area (Å²) in [5.74, 6) is -2.64. The highest BCUT2D eigenvalue weighted by molar-refractivity contribution is 5.93. The fraction of sp³-hybridized carbons (Fsp3) is 0.520. The van der Waals surface area contributed by atoms with E-state index in [1.54, 1.807) is 19.1 Å². The number of carbonyl (C=O) groups excluding carboxylic acids is 4. The van der Waals surface area contributed by atoms with Crippen molar-refractivity contribution >= 4 is 29.6 Å². The van der Waals surface area contributed by atoms with Gasteiger partial charge in [0, 0.05) is 12.8 Å². The minimum atomic E-state index is -1.12. The van der Waals surface area contributed by atoms with Crippen molar-refractivity contribution in [1.82, 2.24) is 41.5 Å². The van der Waals surface area contributed by atoms with Crippen molar-refractivity contribution in [2.75, 3.05) is 13.1 Å². The number of carboxylic acids is 1. The highest BCUT2D eigenvalue weighted by Gasteiger charge is 2.41. The van der Waals surface area contributed by atoms with E-state index in [9.17, 15) is 24.0 Å². The van der Waals surface area contributed by atoms with E-state index < -0.39 is 54.3 Å². The molecule has 0 bridgehead atoms. The number of aromatic nitrogens is 4. The average Bonchev–Trinajstić information content (AvgIpc) is 3.62. The van der Waals surface area contributed by atoms with Crippen LogP contribution in [0.4, 0.5) is 0 Å². The summed E-state index contributed by atoms with van der Waals surface area (Å²) in [7, 11) is 0. The maximum Gasteiger partial charge on any atom is 0.303 e. The van der Waals surface area contributed by atoms with Crippen LogP contribution in [0.25, 0.3) is 0 Å². The Balaban J connectivity index is 1.64. The number of hydrogen-bond acceptors (Lipinski definition) is 9. The molecular formula is C25H34N8O7. The Morgan fingerprint density at radius 1 is 1.15 bits per heavy atom. The second-order valence-electron chi connectivity index (χ2n) is 9.44. The van der Waals surface area contributed by atoms with E-state index in [1.807, 2.05) is 25.1 Å². The molecule has 216 valence electrons. The summed E-state index contributed by atoms with van der Waals surface area (Å²) in [5.41, 5.74) is 0. The van der Waals surface area contributed by atoms with Gasteiger partial charge in [-0.1, -0.05) is 43.7 Å². The topological polar surface area (TPSA) is 209 Å². The number of rotatable bonds is 14. The average molecular weight is 559 g/mol. The lowest BCUT2D eigenvalue weighted by molar-refractivity contribution is -0.140. The molecule has 3 rings (SSSR count). The van der Waals surface area contributed by atoms with Gasteiger partial charge < -0.3 is 30.7 Å². The molecule has 1 aromatic heterocycles. The number of carboxylic acid groups (broad SMARTS) is 1. The molecule has 0 aliphatic carbocycles. The van der Waals surface area contributed by atoms with E-state index in [4.69, 9.17) is 9.84 Å². The smallest absolute Gasteiger partial charge is 0.303 e. The van der Waals surface area contributed by atoms with Crippen LogP contribution in [0.5, 0.6) is 5.75 Å². The highest BCUT2D eigenvalue weighted by atomic mass is 16.5. The van der Waals surface area contributed by atoms with Gasteiger partial charge in [0.15, 0.2) is 5.82 Å². The third-order valence-corrected chi connectivity index (χ3v) is 6.53. The van der Waals surface area contributed by atoms with Crippen LogP contribution in [-0.2, 0) is 30.5 Å². The van der Waals surface area contributed by atoms with Gasteiger partial charge in [-0.05, 0) is 18.1 Å². The molecule has 1 aromatic carbocycles. The molecule has 40 heavy (non-hydrogen) atoms. The molecule has 1 unspecified atom stereocenters. The lowest BCUT2D eigenvalue weighted by Crippen LogP contribution is -2.53. The number of H-pyrrole nitrogens is 1. The number of nitrogens with zero attached hydrogens (tertiary/aromatic N) is 4. The quantitative estimate of drug-likeness (QED) is 0.198. The third-order valence-electron chi connectivity index (χ3n) is 6.53. The predicted octanol–water partition coefficient (Wildman–Crippen LogP) is -0.624. The van der Waals surface area contributed by atoms with Gasteiger partial charge >= 0.3 is 5.97 Å². The number of hydrogen-bond donors (Lipinski definition) is 5. The molecule has 15 nitrogen and oxygen atoms in total. The molecule has 15 heteroatoms.